The zero-order valence-electron chi connectivity index (χ0n) is 9.17. The van der Waals surface area contributed by atoms with Crippen LogP contribution in [0.15, 0.2) is 18.2 Å². The molecule has 16 heavy (non-hydrogen) atoms. The number of methoxy groups -OCH3 is 2. The van der Waals surface area contributed by atoms with Crippen molar-refractivity contribution in [2.24, 2.45) is 0 Å². The third kappa shape index (κ3) is 2.61. The summed E-state index contributed by atoms with van der Waals surface area (Å²) < 4.78 is 36.9. The number of aliphatic hydroxyl groups is 1. The van der Waals surface area contributed by atoms with Gasteiger partial charge < -0.3 is 14.6 Å². The summed E-state index contributed by atoms with van der Waals surface area (Å²) in [5.41, 5.74) is -0.246. The van der Waals surface area contributed by atoms with Gasteiger partial charge in [0.25, 0.3) is 5.92 Å². The number of hydrogen-bond donors (Lipinski definition) is 1. The number of rotatable bonds is 5. The zero-order valence-corrected chi connectivity index (χ0v) is 9.17. The summed E-state index contributed by atoms with van der Waals surface area (Å²) in [5.74, 6) is -2.61. The molecule has 0 aliphatic heterocycles. The van der Waals surface area contributed by atoms with E-state index < -0.39 is 19.0 Å². The van der Waals surface area contributed by atoms with Crippen molar-refractivity contribution < 1.29 is 23.4 Å². The Labute approximate surface area is 92.6 Å². The van der Waals surface area contributed by atoms with E-state index >= 15 is 0 Å². The van der Waals surface area contributed by atoms with Gasteiger partial charge in [-0.25, -0.2) is 8.78 Å². The van der Waals surface area contributed by atoms with E-state index in [0.29, 0.717) is 5.75 Å². The van der Waals surface area contributed by atoms with Crippen molar-refractivity contribution in [1.82, 2.24) is 0 Å². The van der Waals surface area contributed by atoms with Gasteiger partial charge in [0.1, 0.15) is 11.5 Å². The molecule has 3 nitrogen and oxygen atoms in total. The fraction of sp³-hybridized carbons (Fsp3) is 0.455. The molecule has 90 valence electrons. The van der Waals surface area contributed by atoms with E-state index in [2.05, 4.69) is 0 Å². The van der Waals surface area contributed by atoms with Gasteiger partial charge in [0, 0.05) is 19.1 Å². The molecule has 1 aromatic rings. The van der Waals surface area contributed by atoms with Gasteiger partial charge in [-0.15, -0.1) is 0 Å². The Hall–Kier alpha value is -1.36. The SMILES string of the molecule is COc1ccc(C(F)(F)CCO)c(OC)c1. The van der Waals surface area contributed by atoms with Crippen LogP contribution in [0.3, 0.4) is 0 Å². The van der Waals surface area contributed by atoms with Crippen molar-refractivity contribution in [3.05, 3.63) is 23.8 Å². The molecule has 0 fully saturated rings. The normalized spacial score (nSPS) is 11.3. The van der Waals surface area contributed by atoms with Crippen LogP contribution in [-0.2, 0) is 5.92 Å². The highest BCUT2D eigenvalue weighted by atomic mass is 19.3. The molecule has 0 atom stereocenters. The predicted molar refractivity (Wildman–Crippen MR) is 55.1 cm³/mol. The molecule has 1 rings (SSSR count). The molecule has 0 aliphatic rings. The standard InChI is InChI=1S/C11H14F2O3/c1-15-8-3-4-9(10(7-8)16-2)11(12,13)5-6-14/h3-4,7,14H,5-6H2,1-2H3. The summed E-state index contributed by atoms with van der Waals surface area (Å²) >= 11 is 0. The first-order chi connectivity index (χ1) is 7.55. The highest BCUT2D eigenvalue weighted by Crippen LogP contribution is 2.39. The molecule has 0 unspecified atom stereocenters. The second-order valence-electron chi connectivity index (χ2n) is 3.24. The summed E-state index contributed by atoms with van der Waals surface area (Å²) in [6.07, 6.45) is -0.629. The molecule has 0 radical (unpaired) electrons. The van der Waals surface area contributed by atoms with Crippen molar-refractivity contribution in [3.63, 3.8) is 0 Å². The van der Waals surface area contributed by atoms with E-state index in [-0.39, 0.29) is 11.3 Å². The predicted octanol–water partition coefficient (Wildman–Crippen LogP) is 2.18. The summed E-state index contributed by atoms with van der Waals surface area (Å²) in [6, 6.07) is 4.07. The van der Waals surface area contributed by atoms with E-state index in [1.807, 2.05) is 0 Å². The summed E-state index contributed by atoms with van der Waals surface area (Å²) in [6.45, 7) is -0.581. The molecule has 0 saturated carbocycles. The van der Waals surface area contributed by atoms with Gasteiger partial charge in [0.05, 0.1) is 19.8 Å². The van der Waals surface area contributed by atoms with E-state index in [9.17, 15) is 8.78 Å². The molecule has 5 heteroatoms. The van der Waals surface area contributed by atoms with Crippen molar-refractivity contribution >= 4 is 0 Å². The number of ether oxygens (including phenoxy) is 2. The Morgan fingerprint density at radius 3 is 2.44 bits per heavy atom. The van der Waals surface area contributed by atoms with Crippen LogP contribution in [0, 0.1) is 0 Å². The fourth-order valence-electron chi connectivity index (χ4n) is 1.38. The third-order valence-electron chi connectivity index (χ3n) is 2.23. The molecular formula is C11H14F2O3. The number of hydrogen-bond acceptors (Lipinski definition) is 3. The van der Waals surface area contributed by atoms with Crippen LogP contribution in [0.1, 0.15) is 12.0 Å². The highest BCUT2D eigenvalue weighted by Gasteiger charge is 2.34. The van der Waals surface area contributed by atoms with Crippen molar-refractivity contribution in [2.45, 2.75) is 12.3 Å². The number of halogens is 2. The van der Waals surface area contributed by atoms with Crippen LogP contribution < -0.4 is 9.47 Å². The maximum Gasteiger partial charge on any atom is 0.279 e. The van der Waals surface area contributed by atoms with Gasteiger partial charge in [-0.05, 0) is 12.1 Å². The molecule has 0 bridgehead atoms. The molecule has 0 aliphatic carbocycles. The highest BCUT2D eigenvalue weighted by molar-refractivity contribution is 5.43. The van der Waals surface area contributed by atoms with Gasteiger partial charge in [-0.1, -0.05) is 0 Å². The van der Waals surface area contributed by atoms with E-state index in [1.54, 1.807) is 0 Å². The van der Waals surface area contributed by atoms with Gasteiger partial charge >= 0.3 is 0 Å². The average molecular weight is 232 g/mol. The lowest BCUT2D eigenvalue weighted by Gasteiger charge is -2.18. The van der Waals surface area contributed by atoms with Crippen LogP contribution in [0.2, 0.25) is 0 Å². The van der Waals surface area contributed by atoms with Gasteiger partial charge in [-0.3, -0.25) is 0 Å². The molecule has 0 heterocycles. The zero-order chi connectivity index (χ0) is 12.2. The topological polar surface area (TPSA) is 38.7 Å². The van der Waals surface area contributed by atoms with Crippen LogP contribution in [0.4, 0.5) is 8.78 Å². The number of aliphatic hydroxyl groups excluding tert-OH is 1. The Balaban J connectivity index is 3.12. The molecule has 0 spiro atoms. The molecule has 0 aromatic heterocycles. The Kier molecular flexibility index (Phi) is 4.06. The van der Waals surface area contributed by atoms with Gasteiger partial charge in [0.2, 0.25) is 0 Å². The summed E-state index contributed by atoms with van der Waals surface area (Å²) in [7, 11) is 2.76. The smallest absolute Gasteiger partial charge is 0.279 e. The van der Waals surface area contributed by atoms with Crippen molar-refractivity contribution in [3.8, 4) is 11.5 Å². The monoisotopic (exact) mass is 232 g/mol. The van der Waals surface area contributed by atoms with E-state index in [1.165, 1.54) is 32.4 Å². The van der Waals surface area contributed by atoms with E-state index in [0.717, 1.165) is 0 Å². The van der Waals surface area contributed by atoms with Crippen LogP contribution in [0.5, 0.6) is 11.5 Å². The second-order valence-corrected chi connectivity index (χ2v) is 3.24. The Morgan fingerprint density at radius 1 is 1.25 bits per heavy atom. The second kappa shape index (κ2) is 5.12. The Morgan fingerprint density at radius 2 is 1.94 bits per heavy atom. The van der Waals surface area contributed by atoms with E-state index in [4.69, 9.17) is 14.6 Å². The first-order valence-electron chi connectivity index (χ1n) is 4.76. The summed E-state index contributed by atoms with van der Waals surface area (Å²) in [4.78, 5) is 0. The fourth-order valence-corrected chi connectivity index (χ4v) is 1.38. The molecular weight excluding hydrogens is 218 g/mol. The van der Waals surface area contributed by atoms with Gasteiger partial charge in [-0.2, -0.15) is 0 Å². The minimum absolute atomic E-state index is 0.0535. The minimum Gasteiger partial charge on any atom is -0.497 e. The van der Waals surface area contributed by atoms with Crippen LogP contribution >= 0.6 is 0 Å². The molecule has 0 amide bonds. The number of alkyl halides is 2. The van der Waals surface area contributed by atoms with Crippen molar-refractivity contribution in [1.29, 1.82) is 0 Å². The maximum absolute atomic E-state index is 13.6. The first-order valence-corrected chi connectivity index (χ1v) is 4.76. The van der Waals surface area contributed by atoms with Crippen molar-refractivity contribution in [2.75, 3.05) is 20.8 Å². The van der Waals surface area contributed by atoms with Crippen LogP contribution in [0.25, 0.3) is 0 Å². The quantitative estimate of drug-likeness (QED) is 0.845. The lowest BCUT2D eigenvalue weighted by molar-refractivity contribution is -0.0287. The minimum atomic E-state index is -3.10. The molecule has 1 aromatic carbocycles. The third-order valence-corrected chi connectivity index (χ3v) is 2.23. The van der Waals surface area contributed by atoms with Crippen LogP contribution in [-0.4, -0.2) is 25.9 Å². The maximum atomic E-state index is 13.6. The lowest BCUT2D eigenvalue weighted by Crippen LogP contribution is -2.16. The Bertz CT molecular complexity index is 353. The molecule has 1 N–H and O–H groups in total. The van der Waals surface area contributed by atoms with Gasteiger partial charge in [0.15, 0.2) is 0 Å². The summed E-state index contributed by atoms with van der Waals surface area (Å²) in [5, 5.41) is 8.58. The lowest BCUT2D eigenvalue weighted by atomic mass is 10.0. The average Bonchev–Trinajstić information content (AvgIpc) is 2.28. The largest absolute Gasteiger partial charge is 0.497 e. The first kappa shape index (κ1) is 12.7. The molecule has 0 saturated heterocycles. The number of benzene rings is 1.